The lowest BCUT2D eigenvalue weighted by molar-refractivity contribution is -0.134. The van der Waals surface area contributed by atoms with E-state index in [0.717, 1.165) is 0 Å². The standard InChI is InChI=1S/C13H12O3/c1-3-5-12(4-2)16-13(15)10-6-8-11(14)9-7-10/h3-6,8-9H,1-2H3. The topological polar surface area (TPSA) is 43.4 Å². The largest absolute Gasteiger partial charge is 0.423 e. The Hall–Kier alpha value is -2.12. The van der Waals surface area contributed by atoms with E-state index in [1.54, 1.807) is 25.2 Å². The summed E-state index contributed by atoms with van der Waals surface area (Å²) in [7, 11) is 0. The van der Waals surface area contributed by atoms with E-state index in [2.05, 4.69) is 5.73 Å². The van der Waals surface area contributed by atoms with Crippen molar-refractivity contribution in [3.63, 3.8) is 0 Å². The molecule has 0 unspecified atom stereocenters. The Balaban J connectivity index is 2.78. The molecule has 0 aromatic heterocycles. The average molecular weight is 216 g/mol. The molecule has 0 aliphatic heterocycles. The van der Waals surface area contributed by atoms with Crippen molar-refractivity contribution in [1.82, 2.24) is 0 Å². The van der Waals surface area contributed by atoms with E-state index in [4.69, 9.17) is 4.74 Å². The first-order valence-electron chi connectivity index (χ1n) is 4.87. The molecule has 0 heterocycles. The van der Waals surface area contributed by atoms with Gasteiger partial charge in [0.25, 0.3) is 0 Å². The third-order valence-electron chi connectivity index (χ3n) is 1.83. The maximum Gasteiger partial charge on any atom is 0.351 e. The molecule has 1 aliphatic rings. The smallest absolute Gasteiger partial charge is 0.351 e. The Labute approximate surface area is 94.1 Å². The van der Waals surface area contributed by atoms with Crippen LogP contribution in [0.25, 0.3) is 0 Å². The molecule has 0 saturated carbocycles. The summed E-state index contributed by atoms with van der Waals surface area (Å²) >= 11 is 0. The predicted molar refractivity (Wildman–Crippen MR) is 60.4 cm³/mol. The Kier molecular flexibility index (Phi) is 4.25. The molecule has 0 radical (unpaired) electrons. The van der Waals surface area contributed by atoms with E-state index >= 15 is 0 Å². The minimum Gasteiger partial charge on any atom is -0.423 e. The Bertz CT molecular complexity index is 456. The second-order valence-electron chi connectivity index (χ2n) is 3.02. The SMILES string of the molecule is CC=CC(=CC)OC(=O)C1=C=CC(=O)C=C1. The van der Waals surface area contributed by atoms with Gasteiger partial charge in [-0.25, -0.2) is 4.79 Å². The highest BCUT2D eigenvalue weighted by Gasteiger charge is 2.11. The molecule has 3 heteroatoms. The first-order valence-corrected chi connectivity index (χ1v) is 4.87. The van der Waals surface area contributed by atoms with Crippen molar-refractivity contribution >= 4 is 11.8 Å². The Morgan fingerprint density at radius 3 is 2.62 bits per heavy atom. The number of hydrogen-bond acceptors (Lipinski definition) is 3. The quantitative estimate of drug-likeness (QED) is 0.314. The number of ether oxygens (including phenoxy) is 1. The van der Waals surface area contributed by atoms with Crippen LogP contribution in [0, 0.1) is 0 Å². The molecular weight excluding hydrogens is 204 g/mol. The predicted octanol–water partition coefficient (Wildman–Crippen LogP) is 2.23. The molecular formula is C13H12O3. The van der Waals surface area contributed by atoms with Gasteiger partial charge in [0.2, 0.25) is 0 Å². The zero-order valence-corrected chi connectivity index (χ0v) is 9.19. The van der Waals surface area contributed by atoms with Crippen molar-refractivity contribution in [1.29, 1.82) is 0 Å². The number of carbonyl (C=O) groups excluding carboxylic acids is 2. The van der Waals surface area contributed by atoms with Gasteiger partial charge in [-0.15, -0.1) is 5.73 Å². The molecule has 0 fully saturated rings. The molecule has 0 bridgehead atoms. The van der Waals surface area contributed by atoms with Gasteiger partial charge in [-0.2, -0.15) is 0 Å². The first-order chi connectivity index (χ1) is 7.67. The van der Waals surface area contributed by atoms with Gasteiger partial charge < -0.3 is 4.74 Å². The minimum atomic E-state index is -0.522. The molecule has 0 amide bonds. The fourth-order valence-corrected chi connectivity index (χ4v) is 1.05. The van der Waals surface area contributed by atoms with Crippen molar-refractivity contribution in [3.8, 4) is 0 Å². The van der Waals surface area contributed by atoms with Gasteiger partial charge in [-0.05, 0) is 38.2 Å². The molecule has 0 spiro atoms. The number of carbonyl (C=O) groups is 2. The monoisotopic (exact) mass is 216 g/mol. The van der Waals surface area contributed by atoms with Gasteiger partial charge >= 0.3 is 5.97 Å². The van der Waals surface area contributed by atoms with Crippen LogP contribution in [0.15, 0.2) is 53.5 Å². The summed E-state index contributed by atoms with van der Waals surface area (Å²) < 4.78 is 5.07. The summed E-state index contributed by atoms with van der Waals surface area (Å²) in [5.41, 5.74) is 2.81. The second-order valence-corrected chi connectivity index (χ2v) is 3.02. The van der Waals surface area contributed by atoms with Crippen molar-refractivity contribution in [2.75, 3.05) is 0 Å². The van der Waals surface area contributed by atoms with Crippen LogP contribution in [-0.4, -0.2) is 11.8 Å². The third-order valence-corrected chi connectivity index (χ3v) is 1.83. The van der Waals surface area contributed by atoms with Crippen molar-refractivity contribution in [3.05, 3.63) is 53.5 Å². The Morgan fingerprint density at radius 1 is 1.38 bits per heavy atom. The molecule has 82 valence electrons. The number of esters is 1. The zero-order chi connectivity index (χ0) is 12.0. The summed E-state index contributed by atoms with van der Waals surface area (Å²) in [6.07, 6.45) is 9.04. The molecule has 0 atom stereocenters. The number of hydrogen-bond donors (Lipinski definition) is 0. The third kappa shape index (κ3) is 3.23. The fourth-order valence-electron chi connectivity index (χ4n) is 1.05. The molecule has 0 N–H and O–H groups in total. The average Bonchev–Trinajstić information content (AvgIpc) is 2.29. The van der Waals surface area contributed by atoms with E-state index in [9.17, 15) is 9.59 Å². The van der Waals surface area contributed by atoms with Gasteiger partial charge in [-0.3, -0.25) is 4.79 Å². The summed E-state index contributed by atoms with van der Waals surface area (Å²) in [5.74, 6) is -0.241. The van der Waals surface area contributed by atoms with Crippen molar-refractivity contribution < 1.29 is 14.3 Å². The van der Waals surface area contributed by atoms with Crippen molar-refractivity contribution in [2.24, 2.45) is 0 Å². The first kappa shape index (κ1) is 12.0. The molecule has 0 aromatic rings. The van der Waals surface area contributed by atoms with E-state index in [1.165, 1.54) is 18.2 Å². The Morgan fingerprint density at radius 2 is 2.12 bits per heavy atom. The summed E-state index contributed by atoms with van der Waals surface area (Å²) in [6.45, 7) is 3.60. The van der Waals surface area contributed by atoms with Gasteiger partial charge in [-0.1, -0.05) is 6.08 Å². The lowest BCUT2D eigenvalue weighted by atomic mass is 10.1. The van der Waals surface area contributed by atoms with Crippen LogP contribution < -0.4 is 0 Å². The molecule has 3 nitrogen and oxygen atoms in total. The lowest BCUT2D eigenvalue weighted by Crippen LogP contribution is -2.06. The van der Waals surface area contributed by atoms with Gasteiger partial charge in [0.15, 0.2) is 5.78 Å². The molecule has 16 heavy (non-hydrogen) atoms. The number of ketones is 1. The second kappa shape index (κ2) is 5.69. The maximum absolute atomic E-state index is 11.6. The van der Waals surface area contributed by atoms with E-state index < -0.39 is 5.97 Å². The molecule has 1 rings (SSSR count). The molecule has 0 saturated heterocycles. The summed E-state index contributed by atoms with van der Waals surface area (Å²) in [4.78, 5) is 22.4. The van der Waals surface area contributed by atoms with Crippen molar-refractivity contribution in [2.45, 2.75) is 13.8 Å². The molecule has 0 aromatic carbocycles. The van der Waals surface area contributed by atoms with Crippen LogP contribution in [-0.2, 0) is 14.3 Å². The van der Waals surface area contributed by atoms with Gasteiger partial charge in [0.1, 0.15) is 11.3 Å². The zero-order valence-electron chi connectivity index (χ0n) is 9.19. The van der Waals surface area contributed by atoms with Crippen LogP contribution >= 0.6 is 0 Å². The molecule has 1 aliphatic carbocycles. The van der Waals surface area contributed by atoms with E-state index in [1.807, 2.05) is 6.92 Å². The summed E-state index contributed by atoms with van der Waals surface area (Å²) in [5, 5.41) is 0. The van der Waals surface area contributed by atoms with Crippen LogP contribution in [0.2, 0.25) is 0 Å². The van der Waals surface area contributed by atoms with E-state index in [-0.39, 0.29) is 11.4 Å². The lowest BCUT2D eigenvalue weighted by Gasteiger charge is -2.04. The normalized spacial score (nSPS) is 15.5. The van der Waals surface area contributed by atoms with Gasteiger partial charge in [0, 0.05) is 6.08 Å². The van der Waals surface area contributed by atoms with E-state index in [0.29, 0.717) is 5.76 Å². The highest BCUT2D eigenvalue weighted by Crippen LogP contribution is 2.08. The summed E-state index contributed by atoms with van der Waals surface area (Å²) in [6, 6.07) is 0. The fraction of sp³-hybridized carbons (Fsp3) is 0.154. The van der Waals surface area contributed by atoms with Crippen LogP contribution in [0.3, 0.4) is 0 Å². The number of rotatable bonds is 3. The number of allylic oxidation sites excluding steroid dienone is 4. The maximum atomic E-state index is 11.6. The minimum absolute atomic E-state index is 0.184. The van der Waals surface area contributed by atoms with Crippen LogP contribution in [0.5, 0.6) is 0 Å². The highest BCUT2D eigenvalue weighted by molar-refractivity contribution is 6.04. The van der Waals surface area contributed by atoms with Crippen LogP contribution in [0.4, 0.5) is 0 Å². The highest BCUT2D eigenvalue weighted by atomic mass is 16.5. The van der Waals surface area contributed by atoms with Crippen LogP contribution in [0.1, 0.15) is 13.8 Å². The van der Waals surface area contributed by atoms with Gasteiger partial charge in [0.05, 0.1) is 0 Å².